The first-order valence-corrected chi connectivity index (χ1v) is 8.53. The van der Waals surface area contributed by atoms with E-state index < -0.39 is 18.2 Å². The predicted octanol–water partition coefficient (Wildman–Crippen LogP) is 2.51. The molecule has 1 aliphatic heterocycles. The Labute approximate surface area is 151 Å². The van der Waals surface area contributed by atoms with Crippen molar-refractivity contribution in [2.24, 2.45) is 0 Å². The highest BCUT2D eigenvalue weighted by Crippen LogP contribution is 2.20. The van der Waals surface area contributed by atoms with Crippen LogP contribution in [0.25, 0.3) is 0 Å². The Bertz CT molecular complexity index is 745. The van der Waals surface area contributed by atoms with E-state index in [1.165, 1.54) is 0 Å². The Morgan fingerprint density at radius 2 is 1.69 bits per heavy atom. The normalized spacial score (nSPS) is 19.1. The van der Waals surface area contributed by atoms with E-state index in [-0.39, 0.29) is 5.91 Å². The summed E-state index contributed by atoms with van der Waals surface area (Å²) in [5.74, 6) is -0.545. The number of hydrogen-bond donors (Lipinski definition) is 2. The van der Waals surface area contributed by atoms with Crippen molar-refractivity contribution in [2.75, 3.05) is 0 Å². The highest BCUT2D eigenvalue weighted by atomic mass is 16.5. The van der Waals surface area contributed by atoms with Crippen LogP contribution in [0.1, 0.15) is 24.0 Å². The average Bonchev–Trinajstić information content (AvgIpc) is 3.17. The van der Waals surface area contributed by atoms with Crippen LogP contribution < -0.4 is 10.1 Å². The molecule has 1 amide bonds. The number of carboxylic acid groups (broad SMARTS) is 1. The molecule has 1 aliphatic rings. The van der Waals surface area contributed by atoms with E-state index in [1.54, 1.807) is 0 Å². The lowest BCUT2D eigenvalue weighted by Gasteiger charge is -2.12. The summed E-state index contributed by atoms with van der Waals surface area (Å²) in [4.78, 5) is 22.9. The maximum Gasteiger partial charge on any atom is 0.332 e. The quantitative estimate of drug-likeness (QED) is 0.797. The smallest absolute Gasteiger partial charge is 0.332 e. The van der Waals surface area contributed by atoms with Gasteiger partial charge in [-0.25, -0.2) is 4.79 Å². The van der Waals surface area contributed by atoms with E-state index in [2.05, 4.69) is 5.32 Å². The molecular formula is C20H21NO5. The highest BCUT2D eigenvalue weighted by Gasteiger charge is 2.34. The number of carboxylic acids is 1. The molecule has 0 spiro atoms. The van der Waals surface area contributed by atoms with Crippen LogP contribution in [0.2, 0.25) is 0 Å². The minimum absolute atomic E-state index is 0.279. The molecule has 1 heterocycles. The monoisotopic (exact) mass is 355 g/mol. The molecule has 6 nitrogen and oxygen atoms in total. The Balaban J connectivity index is 1.44. The van der Waals surface area contributed by atoms with Gasteiger partial charge in [-0.15, -0.1) is 0 Å². The van der Waals surface area contributed by atoms with Crippen molar-refractivity contribution in [3.63, 3.8) is 0 Å². The van der Waals surface area contributed by atoms with Gasteiger partial charge < -0.3 is 19.9 Å². The van der Waals surface area contributed by atoms with E-state index in [0.29, 0.717) is 26.0 Å². The third-order valence-electron chi connectivity index (χ3n) is 4.23. The second-order valence-corrected chi connectivity index (χ2v) is 6.16. The summed E-state index contributed by atoms with van der Waals surface area (Å²) in [6.45, 7) is 0.857. The minimum atomic E-state index is -1.02. The van der Waals surface area contributed by atoms with Crippen LogP contribution in [0.15, 0.2) is 54.6 Å². The van der Waals surface area contributed by atoms with E-state index in [1.807, 2.05) is 54.6 Å². The summed E-state index contributed by atoms with van der Waals surface area (Å²) in [7, 11) is 0. The zero-order chi connectivity index (χ0) is 18.4. The Hall–Kier alpha value is -2.86. The van der Waals surface area contributed by atoms with Crippen LogP contribution in [-0.4, -0.2) is 29.2 Å². The molecule has 1 saturated heterocycles. The standard InChI is InChI=1S/C20H21NO5/c22-19(17-10-11-18(26-17)20(23)24)21-12-14-6-8-16(9-7-14)25-13-15-4-2-1-3-5-15/h1-9,17-18H,10-13H2,(H,21,22)(H,23,24)/t17-,18+/m0/s1. The Morgan fingerprint density at radius 1 is 1.00 bits per heavy atom. The molecule has 0 bridgehead atoms. The van der Waals surface area contributed by atoms with Gasteiger partial charge in [0.05, 0.1) is 0 Å². The fourth-order valence-electron chi connectivity index (χ4n) is 2.76. The molecule has 2 aromatic carbocycles. The number of benzene rings is 2. The number of carbonyl (C=O) groups is 2. The van der Waals surface area contributed by atoms with Crippen molar-refractivity contribution in [1.82, 2.24) is 5.32 Å². The second kappa shape index (κ2) is 8.49. The topological polar surface area (TPSA) is 84.9 Å². The molecule has 0 saturated carbocycles. The molecule has 1 fully saturated rings. The highest BCUT2D eigenvalue weighted by molar-refractivity contribution is 5.82. The molecule has 2 N–H and O–H groups in total. The van der Waals surface area contributed by atoms with Gasteiger partial charge in [0.1, 0.15) is 18.5 Å². The van der Waals surface area contributed by atoms with E-state index in [9.17, 15) is 9.59 Å². The van der Waals surface area contributed by atoms with Crippen LogP contribution in [0.5, 0.6) is 5.75 Å². The van der Waals surface area contributed by atoms with Gasteiger partial charge in [-0.3, -0.25) is 4.79 Å². The SMILES string of the molecule is O=C(NCc1ccc(OCc2ccccc2)cc1)[C@@H]1CC[C@H](C(=O)O)O1. The molecule has 2 aromatic rings. The average molecular weight is 355 g/mol. The largest absolute Gasteiger partial charge is 0.489 e. The van der Waals surface area contributed by atoms with Crippen molar-refractivity contribution in [3.05, 3.63) is 65.7 Å². The number of aliphatic carboxylic acids is 1. The van der Waals surface area contributed by atoms with Gasteiger partial charge in [-0.1, -0.05) is 42.5 Å². The van der Waals surface area contributed by atoms with E-state index >= 15 is 0 Å². The van der Waals surface area contributed by atoms with Crippen LogP contribution in [0.3, 0.4) is 0 Å². The molecule has 0 aliphatic carbocycles. The molecule has 3 rings (SSSR count). The van der Waals surface area contributed by atoms with Crippen molar-refractivity contribution in [1.29, 1.82) is 0 Å². The Morgan fingerprint density at radius 3 is 2.35 bits per heavy atom. The maximum atomic E-state index is 12.1. The van der Waals surface area contributed by atoms with Gasteiger partial charge in [-0.2, -0.15) is 0 Å². The molecule has 2 atom stereocenters. The number of amides is 1. The summed E-state index contributed by atoms with van der Waals surface area (Å²) in [6, 6.07) is 17.4. The van der Waals surface area contributed by atoms with Crippen LogP contribution in [0, 0.1) is 0 Å². The van der Waals surface area contributed by atoms with Crippen molar-refractivity contribution >= 4 is 11.9 Å². The van der Waals surface area contributed by atoms with Gasteiger partial charge in [-0.05, 0) is 36.1 Å². The third kappa shape index (κ3) is 4.83. The molecule has 0 unspecified atom stereocenters. The number of rotatable bonds is 7. The lowest BCUT2D eigenvalue weighted by molar-refractivity contribution is -0.151. The van der Waals surface area contributed by atoms with Crippen molar-refractivity contribution < 1.29 is 24.2 Å². The fourth-order valence-corrected chi connectivity index (χ4v) is 2.76. The van der Waals surface area contributed by atoms with Crippen molar-refractivity contribution in [2.45, 2.75) is 38.2 Å². The second-order valence-electron chi connectivity index (χ2n) is 6.16. The van der Waals surface area contributed by atoms with Crippen LogP contribution in [0.4, 0.5) is 0 Å². The number of nitrogens with one attached hydrogen (secondary N) is 1. The van der Waals surface area contributed by atoms with Crippen LogP contribution >= 0.6 is 0 Å². The van der Waals surface area contributed by atoms with Gasteiger partial charge in [0, 0.05) is 6.54 Å². The lowest BCUT2D eigenvalue weighted by Crippen LogP contribution is -2.35. The van der Waals surface area contributed by atoms with Gasteiger partial charge in [0.2, 0.25) is 5.91 Å². The maximum absolute atomic E-state index is 12.1. The lowest BCUT2D eigenvalue weighted by atomic mass is 10.1. The molecule has 26 heavy (non-hydrogen) atoms. The first-order chi connectivity index (χ1) is 12.6. The zero-order valence-electron chi connectivity index (χ0n) is 14.3. The molecule has 0 aromatic heterocycles. The first kappa shape index (κ1) is 17.9. The van der Waals surface area contributed by atoms with Crippen LogP contribution in [-0.2, 0) is 27.5 Å². The van der Waals surface area contributed by atoms with E-state index in [4.69, 9.17) is 14.6 Å². The van der Waals surface area contributed by atoms with Gasteiger partial charge in [0.15, 0.2) is 6.10 Å². The summed E-state index contributed by atoms with van der Waals surface area (Å²) >= 11 is 0. The van der Waals surface area contributed by atoms with Crippen molar-refractivity contribution in [3.8, 4) is 5.75 Å². The zero-order valence-corrected chi connectivity index (χ0v) is 14.3. The third-order valence-corrected chi connectivity index (χ3v) is 4.23. The first-order valence-electron chi connectivity index (χ1n) is 8.53. The fraction of sp³-hybridized carbons (Fsp3) is 0.300. The van der Waals surface area contributed by atoms with E-state index in [0.717, 1.165) is 16.9 Å². The minimum Gasteiger partial charge on any atom is -0.489 e. The molecular weight excluding hydrogens is 334 g/mol. The molecule has 136 valence electrons. The molecule has 6 heteroatoms. The van der Waals surface area contributed by atoms with Gasteiger partial charge in [0.25, 0.3) is 0 Å². The summed E-state index contributed by atoms with van der Waals surface area (Å²) < 4.78 is 11.0. The summed E-state index contributed by atoms with van der Waals surface area (Å²) in [5, 5.41) is 11.7. The summed E-state index contributed by atoms with van der Waals surface area (Å²) in [5.41, 5.74) is 2.03. The number of hydrogen-bond acceptors (Lipinski definition) is 4. The summed E-state index contributed by atoms with van der Waals surface area (Å²) in [6.07, 6.45) is -0.785. The predicted molar refractivity (Wildman–Crippen MR) is 94.6 cm³/mol. The number of ether oxygens (including phenoxy) is 2. The molecule has 0 radical (unpaired) electrons. The number of carbonyl (C=O) groups excluding carboxylic acids is 1. The van der Waals surface area contributed by atoms with Gasteiger partial charge >= 0.3 is 5.97 Å². The Kier molecular flexibility index (Phi) is 5.86.